The summed E-state index contributed by atoms with van der Waals surface area (Å²) in [6, 6.07) is 4.55. The fraction of sp³-hybridized carbons (Fsp3) is 0.375. The van der Waals surface area contributed by atoms with E-state index in [0.717, 1.165) is 24.1 Å². The molecular weight excluding hydrogens is 296 g/mol. The number of amides is 1. The first-order chi connectivity index (χ1) is 11.0. The zero-order valence-electron chi connectivity index (χ0n) is 13.0. The molecular formula is C16H18N4O3. The minimum atomic E-state index is -0.984. The van der Waals surface area contributed by atoms with Crippen LogP contribution in [-0.4, -0.2) is 48.7 Å². The quantitative estimate of drug-likeness (QED) is 0.906. The van der Waals surface area contributed by atoms with Crippen LogP contribution in [-0.2, 0) is 4.79 Å². The topological polar surface area (TPSA) is 88.3 Å². The van der Waals surface area contributed by atoms with Crippen molar-refractivity contribution in [2.75, 3.05) is 0 Å². The number of carboxylic acid groups (broad SMARTS) is 1. The van der Waals surface area contributed by atoms with E-state index in [-0.39, 0.29) is 11.9 Å². The number of hydrogen-bond donors (Lipinski definition) is 1. The fourth-order valence-corrected chi connectivity index (χ4v) is 2.64. The molecule has 1 heterocycles. The van der Waals surface area contributed by atoms with Crippen molar-refractivity contribution in [3.63, 3.8) is 0 Å². The van der Waals surface area contributed by atoms with Gasteiger partial charge in [-0.05, 0) is 50.5 Å². The Morgan fingerprint density at radius 2 is 2.13 bits per heavy atom. The second-order valence-electron chi connectivity index (χ2n) is 5.80. The lowest BCUT2D eigenvalue weighted by Gasteiger charge is -2.27. The summed E-state index contributed by atoms with van der Waals surface area (Å²) in [5.41, 5.74) is 2.11. The SMILES string of the molecule is Cc1cc(-n2cncn2)ccc1C(=O)N(C1CC1)C(C)C(=O)O. The lowest BCUT2D eigenvalue weighted by Crippen LogP contribution is -2.44. The van der Waals surface area contributed by atoms with E-state index < -0.39 is 12.0 Å². The standard InChI is InChI=1S/C16H18N4O3/c1-10-7-13(19-9-17-8-18-19)5-6-14(10)15(21)20(12-3-4-12)11(2)16(22)23/h5-9,11-12H,3-4H2,1-2H3,(H,22,23). The Labute approximate surface area is 133 Å². The third-order valence-corrected chi connectivity index (χ3v) is 4.07. The summed E-state index contributed by atoms with van der Waals surface area (Å²) in [4.78, 5) is 29.5. The van der Waals surface area contributed by atoms with Crippen molar-refractivity contribution in [1.29, 1.82) is 0 Å². The first-order valence-corrected chi connectivity index (χ1v) is 7.50. The van der Waals surface area contributed by atoms with Crippen molar-refractivity contribution in [3.05, 3.63) is 42.0 Å². The molecule has 1 atom stereocenters. The van der Waals surface area contributed by atoms with Crippen molar-refractivity contribution in [2.45, 2.75) is 38.8 Å². The number of nitrogens with zero attached hydrogens (tertiary/aromatic N) is 4. The number of rotatable bonds is 5. The molecule has 2 aromatic rings. The molecule has 0 bridgehead atoms. The third-order valence-electron chi connectivity index (χ3n) is 4.07. The molecule has 7 nitrogen and oxygen atoms in total. The molecule has 1 aliphatic carbocycles. The lowest BCUT2D eigenvalue weighted by molar-refractivity contribution is -0.141. The first-order valence-electron chi connectivity index (χ1n) is 7.50. The molecule has 0 spiro atoms. The summed E-state index contributed by atoms with van der Waals surface area (Å²) in [6.07, 6.45) is 4.75. The van der Waals surface area contributed by atoms with Crippen LogP contribution in [0.25, 0.3) is 5.69 Å². The zero-order valence-corrected chi connectivity index (χ0v) is 13.0. The van der Waals surface area contributed by atoms with Crippen LogP contribution < -0.4 is 0 Å². The molecule has 1 aliphatic rings. The highest BCUT2D eigenvalue weighted by Crippen LogP contribution is 2.31. The number of carboxylic acids is 1. The Morgan fingerprint density at radius 1 is 1.39 bits per heavy atom. The van der Waals surface area contributed by atoms with Gasteiger partial charge in [0.25, 0.3) is 5.91 Å². The average molecular weight is 314 g/mol. The summed E-state index contributed by atoms with van der Waals surface area (Å²) >= 11 is 0. The Hall–Kier alpha value is -2.70. The molecule has 120 valence electrons. The number of hydrogen-bond acceptors (Lipinski definition) is 4. The monoisotopic (exact) mass is 314 g/mol. The molecule has 1 aromatic heterocycles. The van der Waals surface area contributed by atoms with Gasteiger partial charge in [-0.1, -0.05) is 0 Å². The van der Waals surface area contributed by atoms with Crippen molar-refractivity contribution in [1.82, 2.24) is 19.7 Å². The minimum absolute atomic E-state index is 0.0305. The summed E-state index contributed by atoms with van der Waals surface area (Å²) < 4.78 is 1.61. The number of aryl methyl sites for hydroxylation is 1. The number of aliphatic carboxylic acids is 1. The van der Waals surface area contributed by atoms with Gasteiger partial charge in [0.05, 0.1) is 5.69 Å². The van der Waals surface area contributed by atoms with Crippen molar-refractivity contribution < 1.29 is 14.7 Å². The molecule has 1 aromatic carbocycles. The van der Waals surface area contributed by atoms with Gasteiger partial charge in [-0.15, -0.1) is 0 Å². The van der Waals surface area contributed by atoms with Crippen LogP contribution in [0.3, 0.4) is 0 Å². The highest BCUT2D eigenvalue weighted by Gasteiger charge is 2.39. The van der Waals surface area contributed by atoms with Gasteiger partial charge in [0.1, 0.15) is 18.7 Å². The van der Waals surface area contributed by atoms with E-state index in [0.29, 0.717) is 5.56 Å². The molecule has 3 rings (SSSR count). The lowest BCUT2D eigenvalue weighted by atomic mass is 10.1. The second-order valence-corrected chi connectivity index (χ2v) is 5.80. The fourth-order valence-electron chi connectivity index (χ4n) is 2.64. The van der Waals surface area contributed by atoms with Gasteiger partial charge in [-0.3, -0.25) is 4.79 Å². The Balaban J connectivity index is 1.91. The molecule has 1 fully saturated rings. The molecule has 1 N–H and O–H groups in total. The Kier molecular flexibility index (Phi) is 3.85. The van der Waals surface area contributed by atoms with Gasteiger partial charge in [0.2, 0.25) is 0 Å². The summed E-state index contributed by atoms with van der Waals surface area (Å²) in [7, 11) is 0. The highest BCUT2D eigenvalue weighted by atomic mass is 16.4. The normalized spacial score (nSPS) is 15.2. The van der Waals surface area contributed by atoms with Gasteiger partial charge in [0, 0.05) is 11.6 Å². The smallest absolute Gasteiger partial charge is 0.326 e. The van der Waals surface area contributed by atoms with Crippen LogP contribution in [0.5, 0.6) is 0 Å². The van der Waals surface area contributed by atoms with Crippen LogP contribution in [0.2, 0.25) is 0 Å². The molecule has 0 aliphatic heterocycles. The first kappa shape index (κ1) is 15.2. The number of carbonyl (C=O) groups is 2. The summed E-state index contributed by atoms with van der Waals surface area (Å²) in [5, 5.41) is 13.3. The molecule has 1 amide bonds. The Morgan fingerprint density at radius 3 is 2.65 bits per heavy atom. The van der Waals surface area contributed by atoms with Crippen LogP contribution in [0.1, 0.15) is 35.7 Å². The molecule has 7 heteroatoms. The van der Waals surface area contributed by atoms with E-state index in [9.17, 15) is 14.7 Å². The van der Waals surface area contributed by atoms with Gasteiger partial charge in [-0.25, -0.2) is 14.5 Å². The van der Waals surface area contributed by atoms with E-state index in [1.807, 2.05) is 13.0 Å². The van der Waals surface area contributed by atoms with Gasteiger partial charge >= 0.3 is 5.97 Å². The van der Waals surface area contributed by atoms with E-state index in [1.165, 1.54) is 11.2 Å². The van der Waals surface area contributed by atoms with Gasteiger partial charge in [0.15, 0.2) is 0 Å². The van der Waals surface area contributed by atoms with E-state index in [4.69, 9.17) is 0 Å². The van der Waals surface area contributed by atoms with Crippen molar-refractivity contribution in [3.8, 4) is 5.69 Å². The molecule has 0 saturated heterocycles. The van der Waals surface area contributed by atoms with Crippen LogP contribution in [0, 0.1) is 6.92 Å². The zero-order chi connectivity index (χ0) is 16.6. The predicted octanol–water partition coefficient (Wildman–Crippen LogP) is 1.65. The molecule has 1 saturated carbocycles. The minimum Gasteiger partial charge on any atom is -0.480 e. The van der Waals surface area contributed by atoms with Crippen molar-refractivity contribution >= 4 is 11.9 Å². The average Bonchev–Trinajstić information content (AvgIpc) is 3.19. The van der Waals surface area contributed by atoms with Gasteiger partial charge < -0.3 is 10.0 Å². The third kappa shape index (κ3) is 2.94. The largest absolute Gasteiger partial charge is 0.480 e. The molecule has 23 heavy (non-hydrogen) atoms. The van der Waals surface area contributed by atoms with Crippen molar-refractivity contribution in [2.24, 2.45) is 0 Å². The van der Waals surface area contributed by atoms with Crippen LogP contribution in [0.4, 0.5) is 0 Å². The number of carbonyl (C=O) groups excluding carboxylic acids is 1. The summed E-state index contributed by atoms with van der Waals surface area (Å²) in [6.45, 7) is 3.39. The number of aromatic nitrogens is 3. The predicted molar refractivity (Wildman–Crippen MR) is 82.4 cm³/mol. The van der Waals surface area contributed by atoms with Crippen LogP contribution >= 0.6 is 0 Å². The van der Waals surface area contributed by atoms with E-state index in [2.05, 4.69) is 10.1 Å². The highest BCUT2D eigenvalue weighted by molar-refractivity contribution is 5.98. The van der Waals surface area contributed by atoms with E-state index in [1.54, 1.807) is 30.1 Å². The summed E-state index contributed by atoms with van der Waals surface area (Å²) in [5.74, 6) is -1.22. The maximum atomic E-state index is 12.8. The van der Waals surface area contributed by atoms with E-state index >= 15 is 0 Å². The Bertz CT molecular complexity index is 738. The molecule has 0 radical (unpaired) electrons. The maximum absolute atomic E-state index is 12.8. The van der Waals surface area contributed by atoms with Crippen LogP contribution in [0.15, 0.2) is 30.9 Å². The van der Waals surface area contributed by atoms with Gasteiger partial charge in [-0.2, -0.15) is 5.10 Å². The number of benzene rings is 1. The molecule has 1 unspecified atom stereocenters. The maximum Gasteiger partial charge on any atom is 0.326 e. The second kappa shape index (κ2) is 5.83.